The summed E-state index contributed by atoms with van der Waals surface area (Å²) in [5, 5.41) is 8.01. The van der Waals surface area contributed by atoms with Crippen LogP contribution in [0.3, 0.4) is 0 Å². The maximum absolute atomic E-state index is 12.6. The number of hydrogen-bond donors (Lipinski definition) is 3. The maximum atomic E-state index is 12.6. The van der Waals surface area contributed by atoms with E-state index in [1.807, 2.05) is 13.8 Å². The highest BCUT2D eigenvalue weighted by Gasteiger charge is 2.34. The van der Waals surface area contributed by atoms with Gasteiger partial charge in [0, 0.05) is 13.0 Å². The molecule has 3 N–H and O–H groups in total. The average molecular weight is 430 g/mol. The van der Waals surface area contributed by atoms with Gasteiger partial charge in [-0.15, -0.1) is 0 Å². The number of nitrogens with one attached hydrogen (secondary N) is 3. The van der Waals surface area contributed by atoms with E-state index in [1.54, 1.807) is 34.6 Å². The van der Waals surface area contributed by atoms with Crippen molar-refractivity contribution in [1.29, 1.82) is 0 Å². The molecule has 0 unspecified atom stereocenters. The molecule has 0 spiro atoms. The molecule has 0 aliphatic carbocycles. The van der Waals surface area contributed by atoms with Crippen LogP contribution in [0.15, 0.2) is 0 Å². The molecule has 0 aromatic heterocycles. The predicted molar refractivity (Wildman–Crippen MR) is 114 cm³/mol. The predicted octanol–water partition coefficient (Wildman–Crippen LogP) is 2.28. The SMILES string of the molecule is CC[C@H](C)[C@H](NC(=O)C(C)(C)NC(=O)CCCCNC(=O)OC(C)(C)C)C(=O)OC. The van der Waals surface area contributed by atoms with Crippen LogP contribution >= 0.6 is 0 Å². The Morgan fingerprint density at radius 3 is 2.10 bits per heavy atom. The second-order valence-corrected chi connectivity index (χ2v) is 8.92. The maximum Gasteiger partial charge on any atom is 0.407 e. The third kappa shape index (κ3) is 11.0. The van der Waals surface area contributed by atoms with E-state index in [0.717, 1.165) is 0 Å². The van der Waals surface area contributed by atoms with E-state index in [1.165, 1.54) is 7.11 Å². The van der Waals surface area contributed by atoms with Crippen molar-refractivity contribution in [2.45, 2.75) is 91.3 Å². The van der Waals surface area contributed by atoms with E-state index in [0.29, 0.717) is 25.8 Å². The lowest BCUT2D eigenvalue weighted by Crippen LogP contribution is -2.59. The van der Waals surface area contributed by atoms with Crippen molar-refractivity contribution < 1.29 is 28.7 Å². The zero-order valence-electron chi connectivity index (χ0n) is 19.6. The molecule has 0 radical (unpaired) electrons. The topological polar surface area (TPSA) is 123 Å². The lowest BCUT2D eigenvalue weighted by molar-refractivity contribution is -0.147. The van der Waals surface area contributed by atoms with Gasteiger partial charge in [0.2, 0.25) is 11.8 Å². The molecule has 0 rings (SSSR count). The van der Waals surface area contributed by atoms with Gasteiger partial charge >= 0.3 is 12.1 Å². The molecule has 0 aliphatic rings. The zero-order chi connectivity index (χ0) is 23.5. The molecule has 0 heterocycles. The fraction of sp³-hybridized carbons (Fsp3) is 0.810. The lowest BCUT2D eigenvalue weighted by Gasteiger charge is -2.29. The summed E-state index contributed by atoms with van der Waals surface area (Å²) in [6, 6.07) is -0.775. The Bertz CT molecular complexity index is 598. The normalized spacial score (nSPS) is 13.6. The van der Waals surface area contributed by atoms with E-state index in [2.05, 4.69) is 16.0 Å². The minimum Gasteiger partial charge on any atom is -0.467 e. The molecule has 0 aromatic rings. The fourth-order valence-corrected chi connectivity index (χ4v) is 2.50. The van der Waals surface area contributed by atoms with Gasteiger partial charge in [0.1, 0.15) is 17.2 Å². The van der Waals surface area contributed by atoms with Gasteiger partial charge in [-0.25, -0.2) is 9.59 Å². The van der Waals surface area contributed by atoms with Gasteiger partial charge in [-0.05, 0) is 53.4 Å². The number of esters is 1. The number of carbonyl (C=O) groups excluding carboxylic acids is 4. The standard InChI is InChI=1S/C21H39N3O6/c1-9-14(2)16(17(26)29-8)23-18(27)21(6,7)24-15(25)12-10-11-13-22-19(28)30-20(3,4)5/h14,16H,9-13H2,1-8H3,(H,22,28)(H,23,27)(H,24,25)/t14-,16-/m0/s1. The summed E-state index contributed by atoms with van der Waals surface area (Å²) >= 11 is 0. The number of methoxy groups -OCH3 is 1. The highest BCUT2D eigenvalue weighted by atomic mass is 16.6. The van der Waals surface area contributed by atoms with Crippen LogP contribution in [0, 0.1) is 5.92 Å². The summed E-state index contributed by atoms with van der Waals surface area (Å²) in [6.07, 6.45) is 1.53. The van der Waals surface area contributed by atoms with E-state index in [4.69, 9.17) is 9.47 Å². The van der Waals surface area contributed by atoms with Crippen LogP contribution in [-0.4, -0.2) is 54.7 Å². The van der Waals surface area contributed by atoms with Gasteiger partial charge in [0.15, 0.2) is 0 Å². The fourth-order valence-electron chi connectivity index (χ4n) is 2.50. The number of rotatable bonds is 11. The number of ether oxygens (including phenoxy) is 2. The summed E-state index contributed by atoms with van der Waals surface area (Å²) in [4.78, 5) is 48.4. The summed E-state index contributed by atoms with van der Waals surface area (Å²) in [5.41, 5.74) is -1.75. The number of unbranched alkanes of at least 4 members (excludes halogenated alkanes) is 1. The summed E-state index contributed by atoms with van der Waals surface area (Å²) in [7, 11) is 1.27. The second-order valence-electron chi connectivity index (χ2n) is 8.92. The van der Waals surface area contributed by atoms with Gasteiger partial charge < -0.3 is 25.4 Å². The van der Waals surface area contributed by atoms with Crippen LogP contribution in [-0.2, 0) is 23.9 Å². The van der Waals surface area contributed by atoms with Crippen LogP contribution in [0.1, 0.15) is 74.1 Å². The van der Waals surface area contributed by atoms with Gasteiger partial charge in [0.25, 0.3) is 0 Å². The van der Waals surface area contributed by atoms with Crippen molar-refractivity contribution in [3.63, 3.8) is 0 Å². The lowest BCUT2D eigenvalue weighted by atomic mass is 9.96. The van der Waals surface area contributed by atoms with Crippen molar-refractivity contribution in [3.8, 4) is 0 Å². The van der Waals surface area contributed by atoms with Gasteiger partial charge in [-0.1, -0.05) is 20.3 Å². The number of carbonyl (C=O) groups is 4. The summed E-state index contributed by atoms with van der Waals surface area (Å²) < 4.78 is 9.90. The Hall–Kier alpha value is -2.32. The molecule has 2 atom stereocenters. The Labute approximate surface area is 180 Å². The quantitative estimate of drug-likeness (QED) is 0.342. The molecule has 9 nitrogen and oxygen atoms in total. The van der Waals surface area contributed by atoms with Gasteiger partial charge in [-0.2, -0.15) is 0 Å². The Balaban J connectivity index is 4.46. The van der Waals surface area contributed by atoms with Crippen LogP contribution in [0.25, 0.3) is 0 Å². The molecular formula is C21H39N3O6. The van der Waals surface area contributed by atoms with Crippen LogP contribution in [0.4, 0.5) is 4.79 Å². The Kier molecular flexibility index (Phi) is 11.4. The third-order valence-electron chi connectivity index (χ3n) is 4.47. The molecular weight excluding hydrogens is 390 g/mol. The van der Waals surface area contributed by atoms with Crippen LogP contribution in [0.5, 0.6) is 0 Å². The average Bonchev–Trinajstić information content (AvgIpc) is 2.62. The number of hydrogen-bond acceptors (Lipinski definition) is 6. The molecule has 0 aromatic carbocycles. The van der Waals surface area contributed by atoms with E-state index in [-0.39, 0.29) is 18.2 Å². The minimum atomic E-state index is -1.19. The molecule has 0 aliphatic heterocycles. The van der Waals surface area contributed by atoms with Crippen molar-refractivity contribution in [2.75, 3.05) is 13.7 Å². The Morgan fingerprint density at radius 2 is 1.60 bits per heavy atom. The molecule has 174 valence electrons. The molecule has 30 heavy (non-hydrogen) atoms. The first-order chi connectivity index (χ1) is 13.7. The smallest absolute Gasteiger partial charge is 0.407 e. The number of amides is 3. The molecule has 0 fully saturated rings. The largest absolute Gasteiger partial charge is 0.467 e. The summed E-state index contributed by atoms with van der Waals surface area (Å²) in [6.45, 7) is 12.7. The highest BCUT2D eigenvalue weighted by molar-refractivity contribution is 5.93. The third-order valence-corrected chi connectivity index (χ3v) is 4.47. The van der Waals surface area contributed by atoms with Crippen molar-refractivity contribution >= 4 is 23.9 Å². The van der Waals surface area contributed by atoms with Crippen molar-refractivity contribution in [2.24, 2.45) is 5.92 Å². The molecule has 3 amide bonds. The van der Waals surface area contributed by atoms with Gasteiger partial charge in [-0.3, -0.25) is 9.59 Å². The van der Waals surface area contributed by atoms with Crippen molar-refractivity contribution in [1.82, 2.24) is 16.0 Å². The molecule has 0 saturated carbocycles. The first-order valence-corrected chi connectivity index (χ1v) is 10.4. The van der Waals surface area contributed by atoms with E-state index in [9.17, 15) is 19.2 Å². The first kappa shape index (κ1) is 27.7. The molecule has 9 heteroatoms. The van der Waals surface area contributed by atoms with Gasteiger partial charge in [0.05, 0.1) is 7.11 Å². The minimum absolute atomic E-state index is 0.106. The monoisotopic (exact) mass is 429 g/mol. The highest BCUT2D eigenvalue weighted by Crippen LogP contribution is 2.12. The first-order valence-electron chi connectivity index (χ1n) is 10.4. The van der Waals surface area contributed by atoms with Crippen LogP contribution < -0.4 is 16.0 Å². The molecule has 0 bridgehead atoms. The zero-order valence-corrected chi connectivity index (χ0v) is 19.6. The van der Waals surface area contributed by atoms with Crippen LogP contribution in [0.2, 0.25) is 0 Å². The second kappa shape index (κ2) is 12.4. The van der Waals surface area contributed by atoms with Crippen molar-refractivity contribution in [3.05, 3.63) is 0 Å². The Morgan fingerprint density at radius 1 is 1.00 bits per heavy atom. The van der Waals surface area contributed by atoms with E-state index < -0.39 is 35.2 Å². The van der Waals surface area contributed by atoms with E-state index >= 15 is 0 Å². The molecule has 0 saturated heterocycles. The summed E-state index contributed by atoms with van der Waals surface area (Å²) in [5.74, 6) is -1.37. The number of alkyl carbamates (subject to hydrolysis) is 1.